The van der Waals surface area contributed by atoms with E-state index in [0.29, 0.717) is 5.92 Å². The van der Waals surface area contributed by atoms with Crippen LogP contribution in [0.25, 0.3) is 77.7 Å². The lowest BCUT2D eigenvalue weighted by atomic mass is 9.66. The molecule has 0 saturated heterocycles. The third-order valence-corrected chi connectivity index (χ3v) is 14.0. The van der Waals surface area contributed by atoms with Gasteiger partial charge in [0, 0.05) is 17.8 Å². The number of allylic oxidation sites excluding steroid dienone is 13. The van der Waals surface area contributed by atoms with Crippen LogP contribution in [0.1, 0.15) is 64.1 Å². The van der Waals surface area contributed by atoms with E-state index in [4.69, 9.17) is 0 Å². The van der Waals surface area contributed by atoms with Gasteiger partial charge in [-0.1, -0.05) is 182 Å². The van der Waals surface area contributed by atoms with Crippen LogP contribution < -0.4 is 0 Å². The quantitative estimate of drug-likeness (QED) is 0.158. The van der Waals surface area contributed by atoms with E-state index in [0.717, 1.165) is 19.3 Å². The zero-order chi connectivity index (χ0) is 37.9. The molecule has 3 unspecified atom stereocenters. The summed E-state index contributed by atoms with van der Waals surface area (Å²) in [5.74, 6) is 0.813. The highest BCUT2D eigenvalue weighted by atomic mass is 14.5. The van der Waals surface area contributed by atoms with Gasteiger partial charge >= 0.3 is 0 Å². The molecule has 0 spiro atoms. The second-order valence-corrected chi connectivity index (χ2v) is 16.8. The fourth-order valence-electron chi connectivity index (χ4n) is 11.7. The van der Waals surface area contributed by atoms with Crippen molar-refractivity contribution in [1.29, 1.82) is 0 Å². The Hall–Kier alpha value is -6.76. The Kier molecular flexibility index (Phi) is 6.90. The van der Waals surface area contributed by atoms with Crippen molar-refractivity contribution in [3.63, 3.8) is 0 Å². The van der Waals surface area contributed by atoms with Gasteiger partial charge in [0.2, 0.25) is 0 Å². The molecule has 0 heteroatoms. The monoisotopic (exact) mass is 736 g/mol. The molecule has 272 valence electrons. The van der Waals surface area contributed by atoms with Crippen molar-refractivity contribution in [2.45, 2.75) is 25.2 Å². The zero-order valence-electron chi connectivity index (χ0n) is 32.3. The molecule has 7 aromatic rings. The smallest absolute Gasteiger partial charge is 0.0212 e. The molecule has 3 atom stereocenters. The van der Waals surface area contributed by atoms with Gasteiger partial charge in [-0.25, -0.2) is 0 Å². The van der Waals surface area contributed by atoms with Crippen LogP contribution in [0.2, 0.25) is 0 Å². The Bertz CT molecular complexity index is 3160. The Balaban J connectivity index is 1.18. The van der Waals surface area contributed by atoms with Gasteiger partial charge < -0.3 is 0 Å². The first-order valence-corrected chi connectivity index (χ1v) is 21.1. The summed E-state index contributed by atoms with van der Waals surface area (Å²) >= 11 is 0. The highest BCUT2D eigenvalue weighted by Crippen LogP contribution is 2.66. The lowest BCUT2D eigenvalue weighted by Crippen LogP contribution is -2.20. The van der Waals surface area contributed by atoms with Gasteiger partial charge in [-0.05, 0) is 142 Å². The molecule has 0 N–H and O–H groups in total. The minimum absolute atomic E-state index is 0.205. The van der Waals surface area contributed by atoms with Crippen LogP contribution >= 0.6 is 0 Å². The van der Waals surface area contributed by atoms with E-state index in [1.807, 2.05) is 0 Å². The fraction of sp³-hybridized carbons (Fsp3) is 0.103. The van der Waals surface area contributed by atoms with Crippen molar-refractivity contribution in [2.75, 3.05) is 0 Å². The Labute approximate surface area is 339 Å². The molecule has 0 heterocycles. The lowest BCUT2D eigenvalue weighted by Gasteiger charge is -2.36. The fourth-order valence-corrected chi connectivity index (χ4v) is 11.7. The van der Waals surface area contributed by atoms with E-state index in [1.54, 1.807) is 0 Å². The maximum Gasteiger partial charge on any atom is 0.0212 e. The van der Waals surface area contributed by atoms with Crippen LogP contribution in [0.3, 0.4) is 0 Å². The van der Waals surface area contributed by atoms with Gasteiger partial charge in [0.1, 0.15) is 0 Å². The van der Waals surface area contributed by atoms with Crippen LogP contribution in [0.5, 0.6) is 0 Å². The Morgan fingerprint density at radius 3 is 1.97 bits per heavy atom. The third-order valence-electron chi connectivity index (χ3n) is 14.0. The zero-order valence-corrected chi connectivity index (χ0v) is 32.3. The van der Waals surface area contributed by atoms with E-state index in [2.05, 4.69) is 188 Å². The molecule has 0 saturated carbocycles. The average molecular weight is 737 g/mol. The van der Waals surface area contributed by atoms with E-state index < -0.39 is 0 Å². The SMILES string of the molecule is C1=CC(C2C=CC3=C(C2)c2cc4c(-c5ccccc5)c5c(c(-c6ccccc6)c4c4cccc3c24)C2=Cc3ccccc3C3C(c4ccccc4)=CC=C5C23)=CCC1. The van der Waals surface area contributed by atoms with Crippen LogP contribution in [0.15, 0.2) is 188 Å². The third kappa shape index (κ3) is 4.46. The molecule has 6 aliphatic rings. The van der Waals surface area contributed by atoms with Gasteiger partial charge in [0.05, 0.1) is 0 Å². The van der Waals surface area contributed by atoms with Crippen LogP contribution in [-0.4, -0.2) is 0 Å². The van der Waals surface area contributed by atoms with Crippen molar-refractivity contribution < 1.29 is 0 Å². The normalized spacial score (nSPS) is 20.6. The van der Waals surface area contributed by atoms with E-state index in [9.17, 15) is 0 Å². The second-order valence-electron chi connectivity index (χ2n) is 16.8. The maximum absolute atomic E-state index is 2.62. The molecule has 7 aromatic carbocycles. The number of benzene rings is 7. The van der Waals surface area contributed by atoms with E-state index in [1.165, 1.54) is 116 Å². The predicted octanol–water partition coefficient (Wildman–Crippen LogP) is 15.2. The summed E-state index contributed by atoms with van der Waals surface area (Å²) < 4.78 is 0. The largest absolute Gasteiger partial charge is 0.0839 e. The molecule has 13 rings (SSSR count). The van der Waals surface area contributed by atoms with Gasteiger partial charge in [0.15, 0.2) is 0 Å². The van der Waals surface area contributed by atoms with Gasteiger partial charge in [-0.3, -0.25) is 0 Å². The van der Waals surface area contributed by atoms with Crippen LogP contribution in [-0.2, 0) is 0 Å². The maximum atomic E-state index is 2.62. The number of rotatable bonds is 4. The molecule has 58 heavy (non-hydrogen) atoms. The summed E-state index contributed by atoms with van der Waals surface area (Å²) in [5.41, 5.74) is 23.6. The summed E-state index contributed by atoms with van der Waals surface area (Å²) in [7, 11) is 0. The minimum Gasteiger partial charge on any atom is -0.0839 e. The van der Waals surface area contributed by atoms with Crippen LogP contribution in [0, 0.1) is 11.8 Å². The molecule has 0 aromatic heterocycles. The van der Waals surface area contributed by atoms with Crippen molar-refractivity contribution >= 4 is 55.5 Å². The van der Waals surface area contributed by atoms with Gasteiger partial charge in [-0.15, -0.1) is 0 Å². The molecule has 0 nitrogen and oxygen atoms in total. The molecule has 6 aliphatic carbocycles. The topological polar surface area (TPSA) is 0 Å². The standard InChI is InChI=1S/C58H40/c1-5-16-35(17-6-1)39-28-29-43-44-26-15-27-45-53(44)48(47(43)32-39)34-50-51(37-20-9-3-10-21-37)57-46-31-30-42(36-18-7-2-8-19-36)54-41-25-14-13-24-40(41)33-49(56(46)54)58(57)52(55(45)50)38-22-11-4-12-23-38/h2-5,7-31,33-34,39,54,56H,1,6,32H2. The highest BCUT2D eigenvalue weighted by molar-refractivity contribution is 6.31. The van der Waals surface area contributed by atoms with Crippen molar-refractivity contribution in [3.05, 3.63) is 227 Å². The van der Waals surface area contributed by atoms with Crippen molar-refractivity contribution in [3.8, 4) is 22.3 Å². The summed E-state index contributed by atoms with van der Waals surface area (Å²) in [6.45, 7) is 0. The molecule has 0 radical (unpaired) electrons. The van der Waals surface area contributed by atoms with E-state index >= 15 is 0 Å². The number of fused-ring (bicyclic) bond motifs is 9. The van der Waals surface area contributed by atoms with Crippen LogP contribution in [0.4, 0.5) is 0 Å². The Morgan fingerprint density at radius 2 is 1.19 bits per heavy atom. The summed E-state index contributed by atoms with van der Waals surface area (Å²) in [4.78, 5) is 0. The van der Waals surface area contributed by atoms with Crippen molar-refractivity contribution in [2.24, 2.45) is 11.8 Å². The summed E-state index contributed by atoms with van der Waals surface area (Å²) in [6, 6.07) is 52.6. The van der Waals surface area contributed by atoms with E-state index in [-0.39, 0.29) is 11.8 Å². The van der Waals surface area contributed by atoms with Gasteiger partial charge in [0.25, 0.3) is 0 Å². The molecular weight excluding hydrogens is 697 g/mol. The molecule has 0 amide bonds. The highest BCUT2D eigenvalue weighted by Gasteiger charge is 2.47. The molecule has 0 aliphatic heterocycles. The first-order chi connectivity index (χ1) is 28.8. The summed E-state index contributed by atoms with van der Waals surface area (Å²) in [5, 5.41) is 5.50. The van der Waals surface area contributed by atoms with Gasteiger partial charge in [-0.2, -0.15) is 0 Å². The Morgan fingerprint density at radius 1 is 0.483 bits per heavy atom. The first kappa shape index (κ1) is 32.3. The minimum atomic E-state index is 0.205. The second kappa shape index (κ2) is 12.4. The molecular formula is C58H40. The lowest BCUT2D eigenvalue weighted by molar-refractivity contribution is 0.756. The number of hydrogen-bond donors (Lipinski definition) is 0. The van der Waals surface area contributed by atoms with Crippen molar-refractivity contribution in [1.82, 2.24) is 0 Å². The molecule has 0 bridgehead atoms. The number of hydrogen-bond acceptors (Lipinski definition) is 0. The first-order valence-electron chi connectivity index (χ1n) is 21.1. The summed E-state index contributed by atoms with van der Waals surface area (Å²) in [6.07, 6.45) is 22.9. The predicted molar refractivity (Wildman–Crippen MR) is 246 cm³/mol. The average Bonchev–Trinajstić information content (AvgIpc) is 3.79. The molecule has 0 fully saturated rings.